The van der Waals surface area contributed by atoms with E-state index in [0.29, 0.717) is 11.3 Å². The zero-order valence-electron chi connectivity index (χ0n) is 23.0. The standard InChI is InChI=1S/C30H37N3O6/c1-19-14-20(2)16-23(15-19)26(27(36)31-24-11-10-21-8-6-7-9-22(21)17-24)33(12-13-34)28(37)25(18-35)32-29(38)39-30(3,4)5/h6-11,14-17,25-26,34-35H,12-13,18H2,1-5H3,(H,31,36)(H,32,38). The maximum Gasteiger partial charge on any atom is 0.408 e. The summed E-state index contributed by atoms with van der Waals surface area (Å²) in [6.45, 7) is 7.40. The monoisotopic (exact) mass is 535 g/mol. The summed E-state index contributed by atoms with van der Waals surface area (Å²) in [5.41, 5.74) is 2.02. The van der Waals surface area contributed by atoms with Crippen molar-refractivity contribution >= 4 is 34.4 Å². The zero-order chi connectivity index (χ0) is 28.7. The number of benzene rings is 3. The van der Waals surface area contributed by atoms with Crippen LogP contribution in [0, 0.1) is 13.8 Å². The molecule has 0 spiro atoms. The summed E-state index contributed by atoms with van der Waals surface area (Å²) in [6, 6.07) is 16.2. The summed E-state index contributed by atoms with van der Waals surface area (Å²) >= 11 is 0. The Morgan fingerprint density at radius 3 is 2.15 bits per heavy atom. The van der Waals surface area contributed by atoms with E-state index in [4.69, 9.17) is 4.74 Å². The highest BCUT2D eigenvalue weighted by Crippen LogP contribution is 2.27. The van der Waals surface area contributed by atoms with Crippen molar-refractivity contribution in [3.63, 3.8) is 0 Å². The largest absolute Gasteiger partial charge is 0.444 e. The highest BCUT2D eigenvalue weighted by molar-refractivity contribution is 6.00. The Morgan fingerprint density at radius 2 is 1.56 bits per heavy atom. The molecule has 0 radical (unpaired) electrons. The number of alkyl carbamates (subject to hydrolysis) is 1. The van der Waals surface area contributed by atoms with Crippen LogP contribution in [0.2, 0.25) is 0 Å². The fraction of sp³-hybridized carbons (Fsp3) is 0.367. The lowest BCUT2D eigenvalue weighted by molar-refractivity contribution is -0.142. The number of carbonyl (C=O) groups excluding carboxylic acids is 3. The molecule has 0 aliphatic heterocycles. The van der Waals surface area contributed by atoms with E-state index in [0.717, 1.165) is 21.9 Å². The first-order valence-corrected chi connectivity index (χ1v) is 12.8. The fourth-order valence-electron chi connectivity index (χ4n) is 4.43. The smallest absolute Gasteiger partial charge is 0.408 e. The number of aliphatic hydroxyl groups is 2. The van der Waals surface area contributed by atoms with E-state index < -0.39 is 48.8 Å². The molecule has 0 saturated carbocycles. The molecular formula is C30H37N3O6. The van der Waals surface area contributed by atoms with Crippen LogP contribution in [-0.4, -0.2) is 64.4 Å². The summed E-state index contributed by atoms with van der Waals surface area (Å²) in [5.74, 6) is -1.25. The third-order valence-corrected chi connectivity index (χ3v) is 5.93. The minimum atomic E-state index is -1.40. The molecule has 0 saturated heterocycles. The second-order valence-corrected chi connectivity index (χ2v) is 10.5. The molecule has 4 N–H and O–H groups in total. The first kappa shape index (κ1) is 29.6. The lowest BCUT2D eigenvalue weighted by Crippen LogP contribution is -2.54. The van der Waals surface area contributed by atoms with Crippen LogP contribution < -0.4 is 10.6 Å². The van der Waals surface area contributed by atoms with E-state index in [2.05, 4.69) is 10.6 Å². The molecule has 39 heavy (non-hydrogen) atoms. The van der Waals surface area contributed by atoms with Gasteiger partial charge in [0.05, 0.1) is 13.2 Å². The number of ether oxygens (including phenoxy) is 1. The highest BCUT2D eigenvalue weighted by atomic mass is 16.6. The molecule has 9 heteroatoms. The van der Waals surface area contributed by atoms with E-state index in [1.54, 1.807) is 39.0 Å². The van der Waals surface area contributed by atoms with Crippen molar-refractivity contribution < 1.29 is 29.3 Å². The Balaban J connectivity index is 2.00. The van der Waals surface area contributed by atoms with Crippen molar-refractivity contribution in [3.8, 4) is 0 Å². The Kier molecular flexibility index (Phi) is 9.66. The van der Waals surface area contributed by atoms with Gasteiger partial charge in [-0.05, 0) is 63.1 Å². The lowest BCUT2D eigenvalue weighted by atomic mass is 9.98. The number of aryl methyl sites for hydroxylation is 2. The van der Waals surface area contributed by atoms with Gasteiger partial charge in [0, 0.05) is 12.2 Å². The molecular weight excluding hydrogens is 498 g/mol. The number of amides is 3. The summed E-state index contributed by atoms with van der Waals surface area (Å²) < 4.78 is 5.24. The van der Waals surface area contributed by atoms with Gasteiger partial charge in [-0.15, -0.1) is 0 Å². The van der Waals surface area contributed by atoms with Crippen LogP contribution >= 0.6 is 0 Å². The van der Waals surface area contributed by atoms with Crippen LogP contribution in [0.1, 0.15) is 43.5 Å². The number of nitrogens with zero attached hydrogens (tertiary/aromatic N) is 1. The third-order valence-electron chi connectivity index (χ3n) is 5.93. The van der Waals surface area contributed by atoms with Gasteiger partial charge in [0.25, 0.3) is 5.91 Å². The average Bonchev–Trinajstić information content (AvgIpc) is 2.85. The third kappa shape index (κ3) is 8.02. The molecule has 3 rings (SSSR count). The molecule has 0 aliphatic rings. The first-order valence-electron chi connectivity index (χ1n) is 12.8. The minimum absolute atomic E-state index is 0.214. The van der Waals surface area contributed by atoms with Crippen molar-refractivity contribution in [2.24, 2.45) is 0 Å². The van der Waals surface area contributed by atoms with Crippen LogP contribution in [0.4, 0.5) is 10.5 Å². The summed E-state index contributed by atoms with van der Waals surface area (Å²) in [4.78, 5) is 41.1. The number of fused-ring (bicyclic) bond motifs is 1. The minimum Gasteiger partial charge on any atom is -0.444 e. The van der Waals surface area contributed by atoms with E-state index in [1.165, 1.54) is 4.90 Å². The van der Waals surface area contributed by atoms with Crippen molar-refractivity contribution in [3.05, 3.63) is 77.4 Å². The molecule has 3 amide bonds. The van der Waals surface area contributed by atoms with Crippen LogP contribution in [-0.2, 0) is 14.3 Å². The van der Waals surface area contributed by atoms with E-state index in [1.807, 2.05) is 56.3 Å². The number of carbonyl (C=O) groups is 3. The number of nitrogens with one attached hydrogen (secondary N) is 2. The molecule has 0 aromatic heterocycles. The number of anilines is 1. The summed E-state index contributed by atoms with van der Waals surface area (Å²) in [6.07, 6.45) is -0.887. The quantitative estimate of drug-likeness (QED) is 0.330. The van der Waals surface area contributed by atoms with E-state index in [-0.39, 0.29) is 6.54 Å². The van der Waals surface area contributed by atoms with Gasteiger partial charge in [-0.1, -0.05) is 59.7 Å². The molecule has 208 valence electrons. The van der Waals surface area contributed by atoms with Gasteiger partial charge in [0.2, 0.25) is 5.91 Å². The second-order valence-electron chi connectivity index (χ2n) is 10.5. The molecule has 2 atom stereocenters. The van der Waals surface area contributed by atoms with Crippen molar-refractivity contribution in [1.82, 2.24) is 10.2 Å². The Hall–Kier alpha value is -3.95. The van der Waals surface area contributed by atoms with Gasteiger partial charge in [0.15, 0.2) is 0 Å². The fourth-order valence-corrected chi connectivity index (χ4v) is 4.43. The Labute approximate surface area is 228 Å². The number of rotatable bonds is 9. The van der Waals surface area contributed by atoms with Crippen molar-refractivity contribution in [1.29, 1.82) is 0 Å². The molecule has 3 aromatic rings. The topological polar surface area (TPSA) is 128 Å². The van der Waals surface area contributed by atoms with Crippen LogP contribution in [0.25, 0.3) is 10.8 Å². The maximum atomic E-state index is 13.9. The predicted molar refractivity (Wildman–Crippen MR) is 150 cm³/mol. The summed E-state index contributed by atoms with van der Waals surface area (Å²) in [5, 5.41) is 27.1. The average molecular weight is 536 g/mol. The number of aliphatic hydroxyl groups excluding tert-OH is 2. The Bertz CT molecular complexity index is 1310. The molecule has 0 aliphatic carbocycles. The van der Waals surface area contributed by atoms with Gasteiger partial charge in [-0.3, -0.25) is 9.59 Å². The Morgan fingerprint density at radius 1 is 0.923 bits per heavy atom. The van der Waals surface area contributed by atoms with Gasteiger partial charge >= 0.3 is 6.09 Å². The molecule has 9 nitrogen and oxygen atoms in total. The normalized spacial score (nSPS) is 12.9. The second kappa shape index (κ2) is 12.7. The van der Waals surface area contributed by atoms with Crippen LogP contribution in [0.3, 0.4) is 0 Å². The maximum absolute atomic E-state index is 13.9. The molecule has 0 fully saturated rings. The van der Waals surface area contributed by atoms with Crippen LogP contribution in [0.5, 0.6) is 0 Å². The van der Waals surface area contributed by atoms with Gasteiger partial charge in [-0.25, -0.2) is 4.79 Å². The first-order chi connectivity index (χ1) is 18.4. The van der Waals surface area contributed by atoms with Gasteiger partial charge < -0.3 is 30.5 Å². The predicted octanol–water partition coefficient (Wildman–Crippen LogP) is 3.84. The highest BCUT2D eigenvalue weighted by Gasteiger charge is 2.36. The SMILES string of the molecule is Cc1cc(C)cc(C(C(=O)Nc2ccc3ccccc3c2)N(CCO)C(=O)C(CO)NC(=O)OC(C)(C)C)c1. The number of hydrogen-bond acceptors (Lipinski definition) is 6. The molecule has 0 bridgehead atoms. The number of hydrogen-bond donors (Lipinski definition) is 4. The lowest BCUT2D eigenvalue weighted by Gasteiger charge is -2.34. The van der Waals surface area contributed by atoms with E-state index in [9.17, 15) is 24.6 Å². The van der Waals surface area contributed by atoms with Gasteiger partial charge in [-0.2, -0.15) is 0 Å². The molecule has 2 unspecified atom stereocenters. The van der Waals surface area contributed by atoms with Gasteiger partial charge in [0.1, 0.15) is 17.7 Å². The van der Waals surface area contributed by atoms with E-state index >= 15 is 0 Å². The van der Waals surface area contributed by atoms with Crippen LogP contribution in [0.15, 0.2) is 60.7 Å². The molecule has 3 aromatic carbocycles. The van der Waals surface area contributed by atoms with Crippen molar-refractivity contribution in [2.75, 3.05) is 25.1 Å². The summed E-state index contributed by atoms with van der Waals surface area (Å²) in [7, 11) is 0. The van der Waals surface area contributed by atoms with Crippen molar-refractivity contribution in [2.45, 2.75) is 52.3 Å². The molecule has 0 heterocycles. The zero-order valence-corrected chi connectivity index (χ0v) is 23.0.